The molecule has 2 fully saturated rings. The number of fused-ring (bicyclic) bond motifs is 2. The van der Waals surface area contributed by atoms with E-state index in [9.17, 15) is 4.79 Å². The summed E-state index contributed by atoms with van der Waals surface area (Å²) in [6.07, 6.45) is 8.49. The van der Waals surface area contributed by atoms with Gasteiger partial charge in [-0.3, -0.25) is 4.79 Å². The topological polar surface area (TPSA) is 74.3 Å². The van der Waals surface area contributed by atoms with Crippen LogP contribution in [0.15, 0.2) is 18.6 Å². The van der Waals surface area contributed by atoms with Crippen LogP contribution in [0.4, 0.5) is 5.82 Å². The minimum Gasteiger partial charge on any atom is -0.381 e. The Morgan fingerprint density at radius 2 is 2.07 bits per heavy atom. The van der Waals surface area contributed by atoms with Crippen LogP contribution in [0.5, 0.6) is 0 Å². The van der Waals surface area contributed by atoms with Crippen molar-refractivity contribution in [1.82, 2.24) is 19.9 Å². The molecule has 1 aliphatic carbocycles. The first-order valence-electron chi connectivity index (χ1n) is 10.5. The van der Waals surface area contributed by atoms with Crippen molar-refractivity contribution in [2.24, 2.45) is 11.8 Å². The van der Waals surface area contributed by atoms with E-state index in [4.69, 9.17) is 4.74 Å². The zero-order valence-electron chi connectivity index (χ0n) is 16.9. The molecule has 1 saturated heterocycles. The highest BCUT2D eigenvalue weighted by Crippen LogP contribution is 2.41. The molecule has 0 bridgehead atoms. The van der Waals surface area contributed by atoms with Gasteiger partial charge < -0.3 is 19.5 Å². The number of rotatable bonds is 8. The van der Waals surface area contributed by atoms with Crippen molar-refractivity contribution in [1.29, 1.82) is 0 Å². The van der Waals surface area contributed by atoms with Crippen molar-refractivity contribution in [2.45, 2.75) is 45.1 Å². The smallest absolute Gasteiger partial charge is 0.224 e. The molecule has 0 radical (unpaired) electrons. The van der Waals surface area contributed by atoms with Crippen LogP contribution in [0.25, 0.3) is 11.0 Å². The first-order chi connectivity index (χ1) is 13.7. The number of aromatic amines is 1. The fourth-order valence-electron chi connectivity index (χ4n) is 4.77. The summed E-state index contributed by atoms with van der Waals surface area (Å²) in [5.41, 5.74) is 0.882. The molecule has 1 saturated carbocycles. The summed E-state index contributed by atoms with van der Waals surface area (Å²) < 4.78 is 5.56. The van der Waals surface area contributed by atoms with Crippen LogP contribution in [-0.2, 0) is 9.53 Å². The van der Waals surface area contributed by atoms with Crippen LogP contribution < -0.4 is 4.90 Å². The van der Waals surface area contributed by atoms with E-state index in [2.05, 4.69) is 38.7 Å². The van der Waals surface area contributed by atoms with Gasteiger partial charge in [0.2, 0.25) is 5.91 Å². The molecule has 3 atom stereocenters. The number of hydrogen-bond donors (Lipinski definition) is 1. The molecular weight excluding hydrogens is 354 g/mol. The quantitative estimate of drug-likeness (QED) is 0.707. The SMILES string of the molecule is CCCCOCCC(=O)N1C[C@H]2CC(N(C)c3ncnc4[nH]ccc34)C[C@H]2C1. The Balaban J connectivity index is 1.29. The minimum absolute atomic E-state index is 0.251. The van der Waals surface area contributed by atoms with Gasteiger partial charge in [0.1, 0.15) is 17.8 Å². The zero-order valence-corrected chi connectivity index (χ0v) is 16.9. The van der Waals surface area contributed by atoms with Crippen LogP contribution in [0.1, 0.15) is 39.0 Å². The maximum Gasteiger partial charge on any atom is 0.224 e. The Labute approximate surface area is 166 Å². The van der Waals surface area contributed by atoms with E-state index in [0.29, 0.717) is 30.9 Å². The summed E-state index contributed by atoms with van der Waals surface area (Å²) >= 11 is 0. The average Bonchev–Trinajstić information content (AvgIpc) is 3.40. The largest absolute Gasteiger partial charge is 0.381 e. The number of carbonyl (C=O) groups is 1. The maximum absolute atomic E-state index is 12.5. The molecule has 1 N–H and O–H groups in total. The summed E-state index contributed by atoms with van der Waals surface area (Å²) in [5, 5.41) is 1.07. The number of carbonyl (C=O) groups excluding carboxylic acids is 1. The van der Waals surface area contributed by atoms with E-state index in [-0.39, 0.29) is 5.91 Å². The van der Waals surface area contributed by atoms with Crippen molar-refractivity contribution in [3.05, 3.63) is 18.6 Å². The number of ether oxygens (including phenoxy) is 1. The van der Waals surface area contributed by atoms with E-state index >= 15 is 0 Å². The number of unbranched alkanes of at least 4 members (excludes halogenated alkanes) is 1. The van der Waals surface area contributed by atoms with Gasteiger partial charge in [0, 0.05) is 39.0 Å². The molecule has 2 aromatic rings. The normalized spacial score (nSPS) is 24.1. The third kappa shape index (κ3) is 3.85. The van der Waals surface area contributed by atoms with Crippen LogP contribution in [0.3, 0.4) is 0 Å². The predicted molar refractivity (Wildman–Crippen MR) is 109 cm³/mol. The van der Waals surface area contributed by atoms with Gasteiger partial charge in [-0.1, -0.05) is 13.3 Å². The predicted octanol–water partition coefficient (Wildman–Crippen LogP) is 2.84. The minimum atomic E-state index is 0.251. The van der Waals surface area contributed by atoms with Crippen LogP contribution in [-0.4, -0.2) is 65.2 Å². The Kier molecular flexibility index (Phi) is 5.80. The lowest BCUT2D eigenvalue weighted by molar-refractivity contribution is -0.131. The van der Waals surface area contributed by atoms with Gasteiger partial charge >= 0.3 is 0 Å². The van der Waals surface area contributed by atoms with E-state index < -0.39 is 0 Å². The van der Waals surface area contributed by atoms with Gasteiger partial charge in [-0.05, 0) is 37.2 Å². The molecule has 7 heteroatoms. The number of hydrogen-bond acceptors (Lipinski definition) is 5. The molecule has 152 valence electrons. The van der Waals surface area contributed by atoms with E-state index in [0.717, 1.165) is 62.2 Å². The molecule has 0 aromatic carbocycles. The van der Waals surface area contributed by atoms with Crippen LogP contribution in [0, 0.1) is 11.8 Å². The van der Waals surface area contributed by atoms with E-state index in [1.165, 1.54) is 0 Å². The zero-order chi connectivity index (χ0) is 19.5. The number of aromatic nitrogens is 3. The molecule has 1 aliphatic heterocycles. The Hall–Kier alpha value is -2.15. The van der Waals surface area contributed by atoms with Gasteiger partial charge in [-0.25, -0.2) is 9.97 Å². The molecule has 0 spiro atoms. The molecule has 2 aliphatic rings. The van der Waals surface area contributed by atoms with E-state index in [1.807, 2.05) is 12.3 Å². The molecule has 4 rings (SSSR count). The molecule has 1 unspecified atom stereocenters. The molecule has 7 nitrogen and oxygen atoms in total. The summed E-state index contributed by atoms with van der Waals surface area (Å²) in [6.45, 7) is 5.25. The lowest BCUT2D eigenvalue weighted by Gasteiger charge is -2.28. The monoisotopic (exact) mass is 385 g/mol. The number of amides is 1. The van der Waals surface area contributed by atoms with Crippen molar-refractivity contribution in [2.75, 3.05) is 38.3 Å². The maximum atomic E-state index is 12.5. The number of nitrogens with one attached hydrogen (secondary N) is 1. The Morgan fingerprint density at radius 1 is 1.29 bits per heavy atom. The molecule has 1 amide bonds. The molecule has 3 heterocycles. The third-order valence-electron chi connectivity index (χ3n) is 6.40. The summed E-state index contributed by atoms with van der Waals surface area (Å²) in [6, 6.07) is 2.51. The highest BCUT2D eigenvalue weighted by molar-refractivity contribution is 5.87. The second-order valence-electron chi connectivity index (χ2n) is 8.21. The van der Waals surface area contributed by atoms with Gasteiger partial charge in [0.05, 0.1) is 18.4 Å². The summed E-state index contributed by atoms with van der Waals surface area (Å²) in [7, 11) is 2.14. The van der Waals surface area contributed by atoms with Gasteiger partial charge in [0.15, 0.2) is 0 Å². The average molecular weight is 386 g/mol. The fraction of sp³-hybridized carbons (Fsp3) is 0.667. The molecular formula is C21H31N5O2. The Morgan fingerprint density at radius 3 is 2.82 bits per heavy atom. The van der Waals surface area contributed by atoms with Crippen molar-refractivity contribution < 1.29 is 9.53 Å². The highest BCUT2D eigenvalue weighted by atomic mass is 16.5. The second kappa shape index (κ2) is 8.47. The summed E-state index contributed by atoms with van der Waals surface area (Å²) in [5.74, 6) is 2.44. The second-order valence-corrected chi connectivity index (χ2v) is 8.21. The number of H-pyrrole nitrogens is 1. The highest BCUT2D eigenvalue weighted by Gasteiger charge is 2.43. The third-order valence-corrected chi connectivity index (χ3v) is 6.40. The summed E-state index contributed by atoms with van der Waals surface area (Å²) in [4.78, 5) is 28.8. The first kappa shape index (κ1) is 19.2. The van der Waals surface area contributed by atoms with Crippen molar-refractivity contribution in [3.63, 3.8) is 0 Å². The van der Waals surface area contributed by atoms with Gasteiger partial charge in [0.25, 0.3) is 0 Å². The molecule has 28 heavy (non-hydrogen) atoms. The van der Waals surface area contributed by atoms with Crippen molar-refractivity contribution in [3.8, 4) is 0 Å². The fourth-order valence-corrected chi connectivity index (χ4v) is 4.77. The van der Waals surface area contributed by atoms with E-state index in [1.54, 1.807) is 6.33 Å². The lowest BCUT2D eigenvalue weighted by atomic mass is 10.0. The number of anilines is 1. The van der Waals surface area contributed by atoms with Crippen LogP contribution >= 0.6 is 0 Å². The standard InChI is InChI=1S/C21H31N5O2/c1-3-4-8-28-9-6-19(27)26-12-15-10-17(11-16(15)13-26)25(2)21-18-5-7-22-20(18)23-14-24-21/h5,7,14-17H,3-4,6,8-13H2,1-2H3,(H,22,23,24)/t15-,16+,17?. The van der Waals surface area contributed by atoms with Crippen molar-refractivity contribution >= 4 is 22.8 Å². The number of likely N-dealkylation sites (tertiary alicyclic amines) is 1. The Bertz CT molecular complexity index is 793. The molecule has 2 aromatic heterocycles. The van der Waals surface area contributed by atoms with Gasteiger partial charge in [-0.2, -0.15) is 0 Å². The first-order valence-corrected chi connectivity index (χ1v) is 10.5. The van der Waals surface area contributed by atoms with Crippen LogP contribution in [0.2, 0.25) is 0 Å². The lowest BCUT2D eigenvalue weighted by Crippen LogP contribution is -2.34. The number of nitrogens with zero attached hydrogens (tertiary/aromatic N) is 4. The van der Waals surface area contributed by atoms with Gasteiger partial charge in [-0.15, -0.1) is 0 Å².